The number of ether oxygens (including phenoxy) is 2. The van der Waals surface area contributed by atoms with Crippen LogP contribution in [0.3, 0.4) is 0 Å². The third-order valence-corrected chi connectivity index (χ3v) is 13.4. The number of amides is 4. The predicted molar refractivity (Wildman–Crippen MR) is 227 cm³/mol. The summed E-state index contributed by atoms with van der Waals surface area (Å²) in [5.41, 5.74) is 5.47. The normalized spacial score (nSPS) is 24.4. The molecule has 2 aliphatic carbocycles. The van der Waals surface area contributed by atoms with Crippen molar-refractivity contribution >= 4 is 69.3 Å². The summed E-state index contributed by atoms with van der Waals surface area (Å²) in [6, 6.07) is 31.0. The number of aromatic nitrogens is 1. The lowest BCUT2D eigenvalue weighted by Gasteiger charge is -2.50. The van der Waals surface area contributed by atoms with E-state index < -0.39 is 52.7 Å². The van der Waals surface area contributed by atoms with Crippen molar-refractivity contribution < 1.29 is 38.2 Å². The summed E-state index contributed by atoms with van der Waals surface area (Å²) in [5.74, 6) is -5.43. The minimum atomic E-state index is -1.67. The number of para-hydroxylation sites is 3. The molecule has 1 aromatic heterocycles. The maximum Gasteiger partial charge on any atom is 0.260 e. The number of nitrogens with one attached hydrogen (secondary N) is 1. The van der Waals surface area contributed by atoms with E-state index in [9.17, 15) is 14.7 Å². The Balaban J connectivity index is 1.10. The SMILES string of the molecule is COc1ccc(C23C(=O)N(Nc4ccc(Cl)cc4Cl)C(=O)C2CC2C(=CCC4C(=O)N(c5ccc(-c6nc7ccccc7o6)cc5)C(=O)C42)C3c2cccc(OC)c2O)cc1. The molecule has 5 aromatic carbocycles. The van der Waals surface area contributed by atoms with Gasteiger partial charge in [-0.3, -0.25) is 29.5 Å². The van der Waals surface area contributed by atoms with E-state index in [1.54, 1.807) is 78.9 Å². The number of anilines is 2. The van der Waals surface area contributed by atoms with Gasteiger partial charge in [0.25, 0.3) is 11.8 Å². The van der Waals surface area contributed by atoms with E-state index in [2.05, 4.69) is 10.4 Å². The van der Waals surface area contributed by atoms with Gasteiger partial charge in [-0.15, -0.1) is 0 Å². The Morgan fingerprint density at radius 1 is 0.836 bits per heavy atom. The first kappa shape index (κ1) is 38.6. The van der Waals surface area contributed by atoms with Gasteiger partial charge in [-0.25, -0.2) is 4.98 Å². The Morgan fingerprint density at radius 3 is 2.33 bits per heavy atom. The average Bonchev–Trinajstić information content (AvgIpc) is 3.89. The zero-order valence-corrected chi connectivity index (χ0v) is 34.2. The summed E-state index contributed by atoms with van der Waals surface area (Å²) in [5, 5.41) is 13.5. The van der Waals surface area contributed by atoms with Crippen LogP contribution in [0.4, 0.5) is 11.4 Å². The van der Waals surface area contributed by atoms with Crippen molar-refractivity contribution in [2.45, 2.75) is 24.2 Å². The largest absolute Gasteiger partial charge is 0.504 e. The van der Waals surface area contributed by atoms with Gasteiger partial charge >= 0.3 is 0 Å². The van der Waals surface area contributed by atoms with Crippen LogP contribution in [0, 0.1) is 23.7 Å². The van der Waals surface area contributed by atoms with E-state index in [1.807, 2.05) is 30.3 Å². The van der Waals surface area contributed by atoms with E-state index in [0.29, 0.717) is 55.7 Å². The minimum absolute atomic E-state index is 0.0425. The van der Waals surface area contributed by atoms with Gasteiger partial charge in [0.2, 0.25) is 17.7 Å². The summed E-state index contributed by atoms with van der Waals surface area (Å²) < 4.78 is 17.0. The highest BCUT2D eigenvalue weighted by Crippen LogP contribution is 2.65. The molecular formula is C47H36Cl2N4O8. The number of phenolic OH excluding ortho intramolecular Hbond substituents is 1. The van der Waals surface area contributed by atoms with Crippen LogP contribution in [0.25, 0.3) is 22.6 Å². The van der Waals surface area contributed by atoms with Crippen LogP contribution in [0.5, 0.6) is 17.2 Å². The number of fused-ring (bicyclic) bond motifs is 5. The number of oxazole rings is 1. The topological polar surface area (TPSA) is 152 Å². The number of hydrogen-bond acceptors (Lipinski definition) is 10. The third-order valence-electron chi connectivity index (χ3n) is 12.8. The van der Waals surface area contributed by atoms with Crippen molar-refractivity contribution in [2.24, 2.45) is 23.7 Å². The van der Waals surface area contributed by atoms with Crippen molar-refractivity contribution in [1.82, 2.24) is 9.99 Å². The molecule has 6 aromatic rings. The highest BCUT2D eigenvalue weighted by atomic mass is 35.5. The van der Waals surface area contributed by atoms with Crippen molar-refractivity contribution in [3.05, 3.63) is 142 Å². The van der Waals surface area contributed by atoms with E-state index >= 15 is 9.59 Å². The molecule has 4 aliphatic rings. The second kappa shape index (κ2) is 14.5. The number of phenols is 1. The molecule has 0 radical (unpaired) electrons. The minimum Gasteiger partial charge on any atom is -0.504 e. The molecule has 6 unspecified atom stereocenters. The Hall–Kier alpha value is -6.63. The van der Waals surface area contributed by atoms with Crippen LogP contribution in [0.1, 0.15) is 29.9 Å². The molecule has 14 heteroatoms. The van der Waals surface area contributed by atoms with Gasteiger partial charge in [0, 0.05) is 22.1 Å². The van der Waals surface area contributed by atoms with Gasteiger partial charge in [0.1, 0.15) is 11.3 Å². The van der Waals surface area contributed by atoms with Crippen LogP contribution < -0.4 is 19.8 Å². The van der Waals surface area contributed by atoms with Crippen molar-refractivity contribution in [1.29, 1.82) is 0 Å². The van der Waals surface area contributed by atoms with Gasteiger partial charge < -0.3 is 19.0 Å². The van der Waals surface area contributed by atoms with E-state index in [1.165, 1.54) is 25.2 Å². The van der Waals surface area contributed by atoms with E-state index in [4.69, 9.17) is 37.1 Å². The lowest BCUT2D eigenvalue weighted by atomic mass is 9.49. The molecule has 4 amide bonds. The highest BCUT2D eigenvalue weighted by molar-refractivity contribution is 6.36. The molecule has 3 heterocycles. The number of imide groups is 2. The number of hydrogen-bond donors (Lipinski definition) is 2. The van der Waals surface area contributed by atoms with Crippen LogP contribution in [-0.2, 0) is 24.6 Å². The molecule has 12 nitrogen and oxygen atoms in total. The standard InChI is InChI=1S/C47H36Cl2N4O8/c1-59-28-17-12-25(13-18-28)47-33(44(56)53(46(47)58)51-35-21-14-26(48)22-34(35)49)23-32-29(40(47)31-6-5-9-38(60-2)41(31)54)19-20-30-39(32)45(57)52(43(30)55)27-15-10-24(11-16-27)42-50-36-7-3-4-8-37(36)61-42/h3-19,21-22,30,32-33,39-40,51,54H,20,23H2,1-2H3. The van der Waals surface area contributed by atoms with Crippen LogP contribution >= 0.6 is 23.2 Å². The molecule has 61 heavy (non-hydrogen) atoms. The number of aromatic hydroxyl groups is 1. The maximum atomic E-state index is 15.6. The molecule has 3 fully saturated rings. The Labute approximate surface area is 359 Å². The summed E-state index contributed by atoms with van der Waals surface area (Å²) in [4.78, 5) is 65.7. The summed E-state index contributed by atoms with van der Waals surface area (Å²) >= 11 is 12.8. The van der Waals surface area contributed by atoms with Crippen molar-refractivity contribution in [2.75, 3.05) is 24.5 Å². The number of benzene rings is 5. The quantitative estimate of drug-likeness (QED) is 0.112. The molecule has 2 aliphatic heterocycles. The molecule has 2 N–H and O–H groups in total. The second-order valence-electron chi connectivity index (χ2n) is 15.7. The molecule has 0 bridgehead atoms. The van der Waals surface area contributed by atoms with Gasteiger partial charge in [-0.05, 0) is 97.1 Å². The number of nitrogens with zero attached hydrogens (tertiary/aromatic N) is 3. The highest BCUT2D eigenvalue weighted by Gasteiger charge is 2.70. The van der Waals surface area contributed by atoms with Gasteiger partial charge in [0.15, 0.2) is 17.1 Å². The fourth-order valence-electron chi connectivity index (χ4n) is 10.1. The molecule has 10 rings (SSSR count). The monoisotopic (exact) mass is 854 g/mol. The van der Waals surface area contributed by atoms with Crippen molar-refractivity contribution in [3.63, 3.8) is 0 Å². The zero-order chi connectivity index (χ0) is 42.3. The number of methoxy groups -OCH3 is 2. The molecular weight excluding hydrogens is 819 g/mol. The number of hydrazine groups is 1. The van der Waals surface area contributed by atoms with Gasteiger partial charge in [-0.1, -0.05) is 71.2 Å². The first-order chi connectivity index (χ1) is 29.5. The average molecular weight is 856 g/mol. The first-order valence-electron chi connectivity index (χ1n) is 19.7. The zero-order valence-electron chi connectivity index (χ0n) is 32.7. The maximum absolute atomic E-state index is 15.6. The number of carbonyl (C=O) groups is 4. The third kappa shape index (κ3) is 5.76. The predicted octanol–water partition coefficient (Wildman–Crippen LogP) is 8.71. The number of carbonyl (C=O) groups excluding carboxylic acids is 4. The second-order valence-corrected chi connectivity index (χ2v) is 16.5. The molecule has 0 spiro atoms. The number of rotatable bonds is 8. The Kier molecular flexibility index (Phi) is 9.19. The van der Waals surface area contributed by atoms with Crippen LogP contribution in [-0.4, -0.2) is 52.9 Å². The summed E-state index contributed by atoms with van der Waals surface area (Å²) in [6.07, 6.45) is 2.15. The molecule has 1 saturated carbocycles. The Morgan fingerprint density at radius 2 is 1.61 bits per heavy atom. The van der Waals surface area contributed by atoms with E-state index in [0.717, 1.165) is 5.01 Å². The van der Waals surface area contributed by atoms with Crippen LogP contribution in [0.2, 0.25) is 10.0 Å². The van der Waals surface area contributed by atoms with Gasteiger partial charge in [-0.2, -0.15) is 5.01 Å². The first-order valence-corrected chi connectivity index (χ1v) is 20.4. The summed E-state index contributed by atoms with van der Waals surface area (Å²) in [6.45, 7) is 0. The van der Waals surface area contributed by atoms with Gasteiger partial charge in [0.05, 0.1) is 53.8 Å². The molecule has 306 valence electrons. The van der Waals surface area contributed by atoms with Crippen LogP contribution in [0.15, 0.2) is 125 Å². The fourth-order valence-corrected chi connectivity index (χ4v) is 10.6. The lowest BCUT2D eigenvalue weighted by molar-refractivity contribution is -0.138. The summed E-state index contributed by atoms with van der Waals surface area (Å²) in [7, 11) is 2.96. The smallest absolute Gasteiger partial charge is 0.260 e. The number of allylic oxidation sites excluding steroid dienone is 2. The fraction of sp³-hybridized carbons (Fsp3) is 0.213. The Bertz CT molecular complexity index is 2810. The molecule has 6 atom stereocenters. The lowest BCUT2D eigenvalue weighted by Crippen LogP contribution is -2.53. The van der Waals surface area contributed by atoms with Crippen molar-refractivity contribution in [3.8, 4) is 28.7 Å². The van der Waals surface area contributed by atoms with E-state index in [-0.39, 0.29) is 41.0 Å². The number of halogens is 2. The molecule has 2 saturated heterocycles.